The third-order valence-electron chi connectivity index (χ3n) is 0.813. The molecule has 0 aromatic rings. The second-order valence-electron chi connectivity index (χ2n) is 1.44. The van der Waals surface area contributed by atoms with Crippen molar-refractivity contribution in [3.05, 3.63) is 0 Å². The molecule has 0 aromatic heterocycles. The molecule has 0 aromatic carbocycles. The van der Waals surface area contributed by atoms with E-state index in [-0.39, 0.29) is 35.5 Å². The van der Waals surface area contributed by atoms with Gasteiger partial charge >= 0.3 is 23.1 Å². The van der Waals surface area contributed by atoms with Gasteiger partial charge in [-0.1, -0.05) is 0 Å². The maximum atomic E-state index is 4.98. The lowest BCUT2D eigenvalue weighted by molar-refractivity contribution is 1.18. The highest BCUT2D eigenvalue weighted by atomic mass is 35.5. The topological polar surface area (TPSA) is 0 Å². The lowest BCUT2D eigenvalue weighted by Crippen LogP contribution is -1.52. The first-order chi connectivity index (χ1) is 2.43. The van der Waals surface area contributed by atoms with Crippen LogP contribution in [0, 0.1) is 18.3 Å². The largest absolute Gasteiger partial charge is 0.316 e. The van der Waals surface area contributed by atoms with Crippen molar-refractivity contribution in [1.82, 2.24) is 0 Å². The van der Waals surface area contributed by atoms with Crippen LogP contribution in [0.25, 0.3) is 0 Å². The third kappa shape index (κ3) is 4.47. The van der Waals surface area contributed by atoms with E-state index in [1.54, 1.807) is 0 Å². The van der Waals surface area contributed by atoms with Crippen LogP contribution in [0.5, 0.6) is 0 Å². The van der Waals surface area contributed by atoms with Gasteiger partial charge in [0.1, 0.15) is 0 Å². The van der Waals surface area contributed by atoms with Crippen LogP contribution >= 0.6 is 12.4 Å². The van der Waals surface area contributed by atoms with E-state index in [1.165, 1.54) is 12.8 Å². The highest BCUT2D eigenvalue weighted by Crippen LogP contribution is 2.26. The van der Waals surface area contributed by atoms with Gasteiger partial charge < -0.3 is 0 Å². The van der Waals surface area contributed by atoms with E-state index >= 15 is 0 Å². The Labute approximate surface area is 66.6 Å². The molecule has 2 heteroatoms. The van der Waals surface area contributed by atoms with Gasteiger partial charge in [0.05, 0.1) is 0 Å². The SMILES string of the molecule is C#CC1CC1.Cl.[MgH2]. The Kier molecular flexibility index (Phi) is 7.20. The average Bonchev–Trinajstić information content (AvgIpc) is 2.12. The number of hydrogen-bond donors (Lipinski definition) is 0. The summed E-state index contributed by atoms with van der Waals surface area (Å²) in [6.07, 6.45) is 7.53. The average molecular weight is 129 g/mol. The Morgan fingerprint density at radius 2 is 1.86 bits per heavy atom. The van der Waals surface area contributed by atoms with Crippen molar-refractivity contribution in [1.29, 1.82) is 0 Å². The Hall–Kier alpha value is 0.616. The van der Waals surface area contributed by atoms with Gasteiger partial charge in [0.15, 0.2) is 0 Å². The van der Waals surface area contributed by atoms with Crippen molar-refractivity contribution in [3.63, 3.8) is 0 Å². The molecule has 0 spiro atoms. The minimum atomic E-state index is 0. The molecule has 1 aliphatic rings. The highest BCUT2D eigenvalue weighted by molar-refractivity contribution is 5.85. The second kappa shape index (κ2) is 4.77. The van der Waals surface area contributed by atoms with Gasteiger partial charge in [0, 0.05) is 5.92 Å². The zero-order valence-electron chi connectivity index (χ0n) is 3.48. The van der Waals surface area contributed by atoms with E-state index < -0.39 is 0 Å². The van der Waals surface area contributed by atoms with Crippen molar-refractivity contribution in [2.45, 2.75) is 12.8 Å². The molecule has 0 unspecified atom stereocenters. The van der Waals surface area contributed by atoms with Crippen molar-refractivity contribution < 1.29 is 0 Å². The van der Waals surface area contributed by atoms with Gasteiger partial charge in [-0.2, -0.15) is 0 Å². The van der Waals surface area contributed by atoms with Crippen molar-refractivity contribution in [3.8, 4) is 12.3 Å². The monoisotopic (exact) mass is 128 g/mol. The molecule has 38 valence electrons. The molecule has 0 bridgehead atoms. The molecule has 0 atom stereocenters. The first kappa shape index (κ1) is 10.6. The molecule has 0 nitrogen and oxygen atoms in total. The first-order valence-electron chi connectivity index (χ1n) is 1.89. The number of halogens is 1. The minimum Gasteiger partial charge on any atom is -0.147 e. The molecule has 0 heterocycles. The van der Waals surface area contributed by atoms with Crippen LogP contribution in [0.4, 0.5) is 0 Å². The molecule has 7 heavy (non-hydrogen) atoms. The van der Waals surface area contributed by atoms with E-state index in [4.69, 9.17) is 6.42 Å². The Morgan fingerprint density at radius 1 is 1.43 bits per heavy atom. The summed E-state index contributed by atoms with van der Waals surface area (Å²) in [6, 6.07) is 0. The fourth-order valence-electron chi connectivity index (χ4n) is 0.250. The van der Waals surface area contributed by atoms with Gasteiger partial charge in [-0.05, 0) is 12.8 Å². The molecule has 0 amide bonds. The normalized spacial score (nSPS) is 15.3. The Bertz CT molecular complexity index is 70.6. The zero-order chi connectivity index (χ0) is 3.70. The molecule has 0 radical (unpaired) electrons. The predicted molar refractivity (Wildman–Crippen MR) is 37.3 cm³/mol. The number of hydrogen-bond acceptors (Lipinski definition) is 0. The van der Waals surface area contributed by atoms with Crippen LogP contribution in [-0.2, 0) is 0 Å². The zero-order valence-corrected chi connectivity index (χ0v) is 4.29. The fourth-order valence-corrected chi connectivity index (χ4v) is 0.250. The fraction of sp³-hybridized carbons (Fsp3) is 0.600. The van der Waals surface area contributed by atoms with Crippen LogP contribution in [0.2, 0.25) is 0 Å². The molecule has 1 rings (SSSR count). The van der Waals surface area contributed by atoms with E-state index in [9.17, 15) is 0 Å². The summed E-state index contributed by atoms with van der Waals surface area (Å²) in [6.45, 7) is 0. The van der Waals surface area contributed by atoms with E-state index in [0.29, 0.717) is 5.92 Å². The Balaban J connectivity index is 0. The standard InChI is InChI=1S/C5H6.ClH.Mg.2H/c1-2-5-3-4-5;;;;/h1,5H,3-4H2;1H;;;. The molecule has 0 saturated heterocycles. The molecular formula is C5H9ClMg. The molecule has 0 aliphatic heterocycles. The van der Waals surface area contributed by atoms with Crippen molar-refractivity contribution >= 4 is 35.5 Å². The summed E-state index contributed by atoms with van der Waals surface area (Å²) >= 11 is 0. The van der Waals surface area contributed by atoms with Crippen LogP contribution < -0.4 is 0 Å². The summed E-state index contributed by atoms with van der Waals surface area (Å²) in [5, 5.41) is 0. The second-order valence-corrected chi connectivity index (χ2v) is 1.44. The lowest BCUT2D eigenvalue weighted by atomic mass is 10.5. The van der Waals surface area contributed by atoms with E-state index in [2.05, 4.69) is 5.92 Å². The van der Waals surface area contributed by atoms with Gasteiger partial charge in [0.25, 0.3) is 0 Å². The van der Waals surface area contributed by atoms with Crippen molar-refractivity contribution in [2.24, 2.45) is 5.92 Å². The van der Waals surface area contributed by atoms with Crippen LogP contribution in [0.1, 0.15) is 12.8 Å². The first-order valence-corrected chi connectivity index (χ1v) is 1.89. The summed E-state index contributed by atoms with van der Waals surface area (Å²) in [4.78, 5) is 0. The van der Waals surface area contributed by atoms with Gasteiger partial charge in [-0.3, -0.25) is 0 Å². The Morgan fingerprint density at radius 3 is 1.86 bits per heavy atom. The quantitative estimate of drug-likeness (QED) is 0.330. The maximum Gasteiger partial charge on any atom is 0.316 e. The predicted octanol–water partition coefficient (Wildman–Crippen LogP) is 0.535. The number of terminal acetylenes is 1. The summed E-state index contributed by atoms with van der Waals surface area (Å²) in [7, 11) is 0. The van der Waals surface area contributed by atoms with Crippen LogP contribution in [0.3, 0.4) is 0 Å². The van der Waals surface area contributed by atoms with Gasteiger partial charge in [-0.15, -0.1) is 24.8 Å². The molecular weight excluding hydrogens is 120 g/mol. The summed E-state index contributed by atoms with van der Waals surface area (Å²) in [5.41, 5.74) is 0. The lowest BCUT2D eigenvalue weighted by Gasteiger charge is -1.57. The maximum absolute atomic E-state index is 4.98. The van der Waals surface area contributed by atoms with E-state index in [1.807, 2.05) is 0 Å². The molecule has 0 N–H and O–H groups in total. The van der Waals surface area contributed by atoms with Crippen LogP contribution in [0.15, 0.2) is 0 Å². The van der Waals surface area contributed by atoms with Gasteiger partial charge in [0.2, 0.25) is 0 Å². The molecule has 1 saturated carbocycles. The third-order valence-corrected chi connectivity index (χ3v) is 0.813. The van der Waals surface area contributed by atoms with Crippen LogP contribution in [-0.4, -0.2) is 23.1 Å². The number of rotatable bonds is 0. The summed E-state index contributed by atoms with van der Waals surface area (Å²) < 4.78 is 0. The molecule has 1 fully saturated rings. The minimum absolute atomic E-state index is 0. The summed E-state index contributed by atoms with van der Waals surface area (Å²) in [5.74, 6) is 3.30. The van der Waals surface area contributed by atoms with Crippen molar-refractivity contribution in [2.75, 3.05) is 0 Å². The van der Waals surface area contributed by atoms with Gasteiger partial charge in [-0.25, -0.2) is 0 Å². The van der Waals surface area contributed by atoms with E-state index in [0.717, 1.165) is 0 Å². The molecule has 1 aliphatic carbocycles. The highest BCUT2D eigenvalue weighted by Gasteiger charge is 2.16. The smallest absolute Gasteiger partial charge is 0.147 e.